The molecule has 0 amide bonds. The summed E-state index contributed by atoms with van der Waals surface area (Å²) in [6, 6.07) is 6.06. The number of halogens is 2. The van der Waals surface area contributed by atoms with Gasteiger partial charge in [0.1, 0.15) is 5.82 Å². The van der Waals surface area contributed by atoms with E-state index in [1.165, 1.54) is 38.2 Å². The second-order valence-electron chi connectivity index (χ2n) is 5.55. The predicted octanol–water partition coefficient (Wildman–Crippen LogP) is 4.24. The van der Waals surface area contributed by atoms with Gasteiger partial charge in [0.25, 0.3) is 0 Å². The average molecular weight is 343 g/mol. The third-order valence-electron chi connectivity index (χ3n) is 4.36. The van der Waals surface area contributed by atoms with Gasteiger partial charge in [0.2, 0.25) is 0 Å². The number of hydrogen-bond acceptors (Lipinski definition) is 2. The molecule has 1 aliphatic carbocycles. The summed E-state index contributed by atoms with van der Waals surface area (Å²) in [6.45, 7) is 3.75. The van der Waals surface area contributed by atoms with Crippen molar-refractivity contribution in [3.63, 3.8) is 0 Å². The smallest absolute Gasteiger partial charge is 0.137 e. The maximum absolute atomic E-state index is 13.4. The molecule has 1 saturated carbocycles. The van der Waals surface area contributed by atoms with E-state index in [0.29, 0.717) is 17.1 Å². The minimum absolute atomic E-state index is 0.181. The maximum atomic E-state index is 13.4. The van der Waals surface area contributed by atoms with Crippen LogP contribution in [0.1, 0.15) is 50.6 Å². The molecule has 0 spiro atoms. The third kappa shape index (κ3) is 3.60. The van der Waals surface area contributed by atoms with Crippen LogP contribution in [0.25, 0.3) is 0 Å². The van der Waals surface area contributed by atoms with Gasteiger partial charge >= 0.3 is 0 Å². The van der Waals surface area contributed by atoms with Crippen LogP contribution in [-0.2, 0) is 0 Å². The predicted molar refractivity (Wildman–Crippen MR) is 85.1 cm³/mol. The van der Waals surface area contributed by atoms with Gasteiger partial charge in [0.05, 0.1) is 4.47 Å². The molecule has 2 rings (SSSR count). The number of benzene rings is 1. The first-order valence-electron chi connectivity index (χ1n) is 7.58. The van der Waals surface area contributed by atoms with Gasteiger partial charge in [-0.15, -0.1) is 0 Å². The highest BCUT2D eigenvalue weighted by atomic mass is 79.9. The topological polar surface area (TPSA) is 29.3 Å². The van der Waals surface area contributed by atoms with Crippen molar-refractivity contribution >= 4 is 15.9 Å². The minimum Gasteiger partial charge on any atom is -0.329 e. The van der Waals surface area contributed by atoms with Gasteiger partial charge in [-0.2, -0.15) is 0 Å². The zero-order valence-corrected chi connectivity index (χ0v) is 13.7. The maximum Gasteiger partial charge on any atom is 0.137 e. The summed E-state index contributed by atoms with van der Waals surface area (Å²) >= 11 is 3.28. The second-order valence-corrected chi connectivity index (χ2v) is 6.40. The first-order valence-corrected chi connectivity index (χ1v) is 8.37. The van der Waals surface area contributed by atoms with Crippen LogP contribution in [0.4, 0.5) is 4.39 Å². The van der Waals surface area contributed by atoms with E-state index >= 15 is 0 Å². The van der Waals surface area contributed by atoms with Crippen LogP contribution in [0.2, 0.25) is 0 Å². The largest absolute Gasteiger partial charge is 0.329 e. The van der Waals surface area contributed by atoms with Crippen molar-refractivity contribution in [2.75, 3.05) is 13.1 Å². The first-order chi connectivity index (χ1) is 9.67. The Morgan fingerprint density at radius 1 is 1.35 bits per heavy atom. The van der Waals surface area contributed by atoms with Crippen molar-refractivity contribution in [1.29, 1.82) is 0 Å². The normalized spacial score (nSPS) is 18.4. The molecule has 1 aromatic rings. The van der Waals surface area contributed by atoms with Gasteiger partial charge in [-0.1, -0.05) is 32.3 Å². The molecule has 0 bridgehead atoms. The van der Waals surface area contributed by atoms with Gasteiger partial charge < -0.3 is 5.73 Å². The SMILES string of the molecule is CCN(C1CCCCC1)C(CN)c1ccc(F)c(Br)c1. The van der Waals surface area contributed by atoms with Crippen molar-refractivity contribution in [2.45, 2.75) is 51.1 Å². The van der Waals surface area contributed by atoms with Crippen molar-refractivity contribution < 1.29 is 4.39 Å². The number of rotatable bonds is 5. The Morgan fingerprint density at radius 2 is 2.05 bits per heavy atom. The lowest BCUT2D eigenvalue weighted by Crippen LogP contribution is -2.42. The summed E-state index contributed by atoms with van der Waals surface area (Å²) in [7, 11) is 0. The van der Waals surface area contributed by atoms with Crippen LogP contribution in [0.3, 0.4) is 0 Å². The van der Waals surface area contributed by atoms with Crippen molar-refractivity contribution in [2.24, 2.45) is 5.73 Å². The fourth-order valence-corrected chi connectivity index (χ4v) is 3.72. The number of nitrogens with zero attached hydrogens (tertiary/aromatic N) is 1. The Bertz CT molecular complexity index is 432. The highest BCUT2D eigenvalue weighted by Crippen LogP contribution is 2.31. The highest BCUT2D eigenvalue weighted by Gasteiger charge is 2.27. The Kier molecular flexibility index (Phi) is 6.00. The van der Waals surface area contributed by atoms with Crippen LogP contribution in [0.5, 0.6) is 0 Å². The Labute approximate surface area is 129 Å². The lowest BCUT2D eigenvalue weighted by molar-refractivity contribution is 0.113. The summed E-state index contributed by atoms with van der Waals surface area (Å²) in [5.41, 5.74) is 7.13. The fourth-order valence-electron chi connectivity index (χ4n) is 3.33. The second kappa shape index (κ2) is 7.53. The lowest BCUT2D eigenvalue weighted by Gasteiger charge is -2.39. The first kappa shape index (κ1) is 15.9. The van der Waals surface area contributed by atoms with Gasteiger partial charge in [0, 0.05) is 18.6 Å². The molecule has 4 heteroatoms. The molecule has 2 N–H and O–H groups in total. The van der Waals surface area contributed by atoms with E-state index in [1.807, 2.05) is 12.1 Å². The van der Waals surface area contributed by atoms with Crippen molar-refractivity contribution in [3.05, 3.63) is 34.1 Å². The highest BCUT2D eigenvalue weighted by molar-refractivity contribution is 9.10. The monoisotopic (exact) mass is 342 g/mol. The zero-order chi connectivity index (χ0) is 14.5. The van der Waals surface area contributed by atoms with Crippen LogP contribution in [-0.4, -0.2) is 24.0 Å². The van der Waals surface area contributed by atoms with Gasteiger partial charge in [-0.25, -0.2) is 4.39 Å². The molecule has 112 valence electrons. The van der Waals surface area contributed by atoms with E-state index in [-0.39, 0.29) is 11.9 Å². The average Bonchev–Trinajstić information content (AvgIpc) is 2.48. The molecule has 1 atom stereocenters. The molecule has 0 aliphatic heterocycles. The third-order valence-corrected chi connectivity index (χ3v) is 4.97. The summed E-state index contributed by atoms with van der Waals surface area (Å²) in [5, 5.41) is 0. The van der Waals surface area contributed by atoms with E-state index in [2.05, 4.69) is 27.8 Å². The quantitative estimate of drug-likeness (QED) is 0.866. The van der Waals surface area contributed by atoms with E-state index in [4.69, 9.17) is 5.73 Å². The summed E-state index contributed by atoms with van der Waals surface area (Å²) in [4.78, 5) is 2.50. The molecule has 1 aromatic carbocycles. The summed E-state index contributed by atoms with van der Waals surface area (Å²) < 4.78 is 13.9. The molecular weight excluding hydrogens is 319 g/mol. The van der Waals surface area contributed by atoms with Crippen molar-refractivity contribution in [3.8, 4) is 0 Å². The van der Waals surface area contributed by atoms with E-state index in [1.54, 1.807) is 0 Å². The van der Waals surface area contributed by atoms with Gasteiger partial charge in [-0.05, 0) is 53.0 Å². The van der Waals surface area contributed by atoms with Gasteiger partial charge in [-0.3, -0.25) is 4.90 Å². The van der Waals surface area contributed by atoms with Crippen molar-refractivity contribution in [1.82, 2.24) is 4.90 Å². The molecule has 20 heavy (non-hydrogen) atoms. The fraction of sp³-hybridized carbons (Fsp3) is 0.625. The molecule has 0 heterocycles. The Hall–Kier alpha value is -0.450. The molecule has 1 fully saturated rings. The van der Waals surface area contributed by atoms with Crippen LogP contribution in [0, 0.1) is 5.82 Å². The Morgan fingerprint density at radius 3 is 2.60 bits per heavy atom. The molecule has 1 unspecified atom stereocenters. The molecule has 0 aromatic heterocycles. The molecular formula is C16H24BrFN2. The molecule has 0 radical (unpaired) electrons. The number of nitrogens with two attached hydrogens (primary N) is 1. The van der Waals surface area contributed by atoms with E-state index < -0.39 is 0 Å². The molecule has 0 saturated heterocycles. The minimum atomic E-state index is -0.217. The summed E-state index contributed by atoms with van der Waals surface area (Å²) in [5.74, 6) is -0.217. The summed E-state index contributed by atoms with van der Waals surface area (Å²) in [6.07, 6.45) is 6.49. The lowest BCUT2D eigenvalue weighted by atomic mass is 9.92. The van der Waals surface area contributed by atoms with Gasteiger partial charge in [0.15, 0.2) is 0 Å². The molecule has 2 nitrogen and oxygen atoms in total. The zero-order valence-electron chi connectivity index (χ0n) is 12.1. The van der Waals surface area contributed by atoms with Crippen LogP contribution < -0.4 is 5.73 Å². The van der Waals surface area contributed by atoms with Crippen LogP contribution in [0.15, 0.2) is 22.7 Å². The van der Waals surface area contributed by atoms with Crippen LogP contribution >= 0.6 is 15.9 Å². The Balaban J connectivity index is 2.21. The standard InChI is InChI=1S/C16H24BrFN2/c1-2-20(13-6-4-3-5-7-13)16(11-19)12-8-9-15(18)14(17)10-12/h8-10,13,16H,2-7,11,19H2,1H3. The van der Waals surface area contributed by atoms with E-state index in [9.17, 15) is 4.39 Å². The number of hydrogen-bond donors (Lipinski definition) is 1. The van der Waals surface area contributed by atoms with E-state index in [0.717, 1.165) is 12.1 Å². The molecule has 1 aliphatic rings. The number of likely N-dealkylation sites (N-methyl/N-ethyl adjacent to an activating group) is 1.